The largest absolute Gasteiger partial charge is 0.481 e. The number of pyridine rings is 1. The summed E-state index contributed by atoms with van der Waals surface area (Å²) >= 11 is 0. The average molecular weight is 426 g/mol. The molecule has 31 heavy (non-hydrogen) atoms. The van der Waals surface area contributed by atoms with Crippen molar-refractivity contribution in [3.63, 3.8) is 0 Å². The van der Waals surface area contributed by atoms with Crippen molar-refractivity contribution in [1.82, 2.24) is 25.6 Å². The predicted octanol–water partition coefficient (Wildman–Crippen LogP) is -1.03. The molecule has 0 saturated carbocycles. The van der Waals surface area contributed by atoms with Crippen LogP contribution in [0.15, 0.2) is 29.5 Å². The number of aliphatic imine (C=N–C) groups is 1. The van der Waals surface area contributed by atoms with E-state index in [9.17, 15) is 14.4 Å². The molecule has 1 unspecified atom stereocenters. The molecule has 0 aliphatic heterocycles. The first-order valence-corrected chi connectivity index (χ1v) is 8.55. The fraction of sp³-hybridized carbons (Fsp3) is 0.176. The number of carbonyl (C=O) groups is 3. The molecule has 2 rings (SSSR count). The molecule has 2 heterocycles. The summed E-state index contributed by atoms with van der Waals surface area (Å²) in [4.78, 5) is 53.8. The summed E-state index contributed by atoms with van der Waals surface area (Å²) in [7, 11) is 0. The Hall–Kier alpha value is -4.80. The van der Waals surface area contributed by atoms with E-state index >= 15 is 0 Å². The maximum atomic E-state index is 12.4. The molecule has 9 N–H and O–H groups in total. The Morgan fingerprint density at radius 3 is 2.61 bits per heavy atom. The number of rotatable bonds is 8. The van der Waals surface area contributed by atoms with Gasteiger partial charge in [0.25, 0.3) is 5.91 Å². The maximum Gasteiger partial charge on any atom is 0.316 e. The Morgan fingerprint density at radius 1 is 1.29 bits per heavy atom. The number of anilines is 1. The van der Waals surface area contributed by atoms with Gasteiger partial charge in [-0.3, -0.25) is 19.4 Å². The van der Waals surface area contributed by atoms with E-state index < -0.39 is 42.0 Å². The first kappa shape index (κ1) is 22.5. The fourth-order valence-corrected chi connectivity index (χ4v) is 2.37. The fourth-order valence-electron chi connectivity index (χ4n) is 2.37. The van der Waals surface area contributed by atoms with Crippen molar-refractivity contribution in [3.8, 4) is 0 Å². The summed E-state index contributed by atoms with van der Waals surface area (Å²) in [5.74, 6) is -4.07. The first-order chi connectivity index (χ1) is 14.7. The molecule has 14 nitrogen and oxygen atoms in total. The minimum Gasteiger partial charge on any atom is -0.481 e. The van der Waals surface area contributed by atoms with E-state index in [0.717, 1.165) is 0 Å². The lowest BCUT2D eigenvalue weighted by Crippen LogP contribution is -2.39. The lowest BCUT2D eigenvalue weighted by atomic mass is 10.1. The molecule has 0 spiro atoms. The van der Waals surface area contributed by atoms with Crippen molar-refractivity contribution in [3.05, 3.63) is 47.2 Å². The normalized spacial score (nSPS) is 10.9. The summed E-state index contributed by atoms with van der Waals surface area (Å²) in [5, 5.41) is 13.9. The van der Waals surface area contributed by atoms with Gasteiger partial charge in [-0.25, -0.2) is 9.98 Å². The summed E-state index contributed by atoms with van der Waals surface area (Å²) in [6.07, 6.45) is 2.54. The van der Waals surface area contributed by atoms with Gasteiger partial charge in [-0.05, 0) is 11.6 Å². The van der Waals surface area contributed by atoms with Gasteiger partial charge < -0.3 is 37.8 Å². The van der Waals surface area contributed by atoms with E-state index in [-0.39, 0.29) is 23.9 Å². The highest BCUT2D eigenvalue weighted by Crippen LogP contribution is 2.25. The zero-order valence-corrected chi connectivity index (χ0v) is 15.9. The highest BCUT2D eigenvalue weighted by molar-refractivity contribution is 5.99. The van der Waals surface area contributed by atoms with Gasteiger partial charge >= 0.3 is 11.8 Å². The number of aromatic nitrogens is 3. The number of carboxylic acids is 1. The van der Waals surface area contributed by atoms with Crippen molar-refractivity contribution >= 4 is 41.2 Å². The van der Waals surface area contributed by atoms with Crippen molar-refractivity contribution in [1.29, 1.82) is 0 Å². The van der Waals surface area contributed by atoms with Gasteiger partial charge in [0.15, 0.2) is 17.5 Å². The van der Waals surface area contributed by atoms with Crippen LogP contribution < -0.4 is 27.8 Å². The van der Waals surface area contributed by atoms with Crippen LogP contribution in [0.1, 0.15) is 28.5 Å². The standard InChI is InChI=1S/C17H18N10O4/c1-21-14-15(27-17(19)20)25-12(13(18)26-14)16(31)23-7-10(28)24-9(5-11(29)30)8-3-2-4-22-6-8/h2-4,6,9H,5,7H2,(H2,18,26)(H,23,31)(H,24,28)(H,29,30)(H4,19,20,25,27). The van der Waals surface area contributed by atoms with Crippen molar-refractivity contribution < 1.29 is 19.5 Å². The predicted molar refractivity (Wildman–Crippen MR) is 108 cm³/mol. The third-order valence-electron chi connectivity index (χ3n) is 3.65. The number of nitrogen functional groups attached to an aromatic ring is 1. The summed E-state index contributed by atoms with van der Waals surface area (Å²) in [5.41, 5.74) is 16.3. The average Bonchev–Trinajstić information content (AvgIpc) is 2.72. The molecule has 2 amide bonds. The first-order valence-electron chi connectivity index (χ1n) is 8.55. The number of amides is 2. The Kier molecular flexibility index (Phi) is 7.34. The van der Waals surface area contributed by atoms with Gasteiger partial charge in [-0.15, -0.1) is 0 Å². The number of hydrogen-bond acceptors (Lipinski definition) is 8. The van der Waals surface area contributed by atoms with Gasteiger partial charge in [0, 0.05) is 12.4 Å². The highest BCUT2D eigenvalue weighted by atomic mass is 16.4. The van der Waals surface area contributed by atoms with E-state index in [2.05, 4.69) is 35.4 Å². The molecule has 0 radical (unpaired) electrons. The molecular weight excluding hydrogens is 408 g/mol. The summed E-state index contributed by atoms with van der Waals surface area (Å²) in [6, 6.07) is 2.35. The Bertz CT molecular complexity index is 1060. The lowest BCUT2D eigenvalue weighted by Gasteiger charge is -2.17. The second kappa shape index (κ2) is 10.1. The molecule has 0 bridgehead atoms. The number of aliphatic carboxylic acids is 1. The zero-order valence-electron chi connectivity index (χ0n) is 15.9. The molecule has 0 aliphatic carbocycles. The topological polar surface area (TPSA) is 229 Å². The molecule has 0 aromatic carbocycles. The Labute approximate surface area is 175 Å². The number of hydrogen-bond donors (Lipinski definition) is 6. The zero-order chi connectivity index (χ0) is 23.0. The smallest absolute Gasteiger partial charge is 0.316 e. The molecule has 2 aromatic heterocycles. The highest BCUT2D eigenvalue weighted by Gasteiger charge is 2.22. The maximum absolute atomic E-state index is 12.4. The molecule has 2 aromatic rings. The lowest BCUT2D eigenvalue weighted by molar-refractivity contribution is -0.137. The van der Waals surface area contributed by atoms with Crippen LogP contribution in [0.25, 0.3) is 4.85 Å². The molecule has 14 heteroatoms. The molecule has 0 fully saturated rings. The molecular formula is C17H18N10O4. The number of nitrogens with two attached hydrogens (primary N) is 3. The van der Waals surface area contributed by atoms with Gasteiger partial charge in [0.1, 0.15) is 0 Å². The monoisotopic (exact) mass is 426 g/mol. The number of guanidine groups is 1. The van der Waals surface area contributed by atoms with Crippen molar-refractivity contribution in [2.45, 2.75) is 12.5 Å². The van der Waals surface area contributed by atoms with E-state index in [0.29, 0.717) is 5.56 Å². The third kappa shape index (κ3) is 6.35. The van der Waals surface area contributed by atoms with E-state index in [4.69, 9.17) is 28.9 Å². The number of carbonyl (C=O) groups excluding carboxylic acids is 2. The van der Waals surface area contributed by atoms with Crippen LogP contribution in [0.3, 0.4) is 0 Å². The van der Waals surface area contributed by atoms with Crippen molar-refractivity contribution in [2.75, 3.05) is 12.3 Å². The SMILES string of the molecule is [C-]#[N+]c1nc(N)c(C(=O)NCC(=O)NC(CC(=O)O)c2cccnc2)nc1N=C(N)N. The number of nitrogens with zero attached hydrogens (tertiary/aromatic N) is 5. The second-order valence-electron chi connectivity index (χ2n) is 5.94. The van der Waals surface area contributed by atoms with Crippen LogP contribution in [0, 0.1) is 6.57 Å². The minimum absolute atomic E-state index is 0.308. The van der Waals surface area contributed by atoms with Crippen LogP contribution in [-0.4, -0.2) is 50.3 Å². The van der Waals surface area contributed by atoms with Crippen LogP contribution in [0.5, 0.6) is 0 Å². The van der Waals surface area contributed by atoms with Crippen LogP contribution in [-0.2, 0) is 9.59 Å². The minimum atomic E-state index is -1.13. The second-order valence-corrected chi connectivity index (χ2v) is 5.94. The molecule has 0 saturated heterocycles. The number of carboxylic acid groups (broad SMARTS) is 1. The Balaban J connectivity index is 2.11. The summed E-state index contributed by atoms with van der Waals surface area (Å²) < 4.78 is 0. The van der Waals surface area contributed by atoms with E-state index in [1.807, 2.05) is 0 Å². The Morgan fingerprint density at radius 2 is 2.03 bits per heavy atom. The van der Waals surface area contributed by atoms with E-state index in [1.165, 1.54) is 12.4 Å². The third-order valence-corrected chi connectivity index (χ3v) is 3.65. The van der Waals surface area contributed by atoms with Crippen LogP contribution in [0.4, 0.5) is 17.5 Å². The van der Waals surface area contributed by atoms with Gasteiger partial charge in [-0.2, -0.15) is 0 Å². The van der Waals surface area contributed by atoms with Crippen molar-refractivity contribution in [2.24, 2.45) is 16.5 Å². The molecule has 0 aliphatic rings. The summed E-state index contributed by atoms with van der Waals surface area (Å²) in [6.45, 7) is 6.53. The van der Waals surface area contributed by atoms with Gasteiger partial charge in [0.2, 0.25) is 11.7 Å². The van der Waals surface area contributed by atoms with Gasteiger partial charge in [-0.1, -0.05) is 17.6 Å². The number of nitrogens with one attached hydrogen (secondary N) is 2. The van der Waals surface area contributed by atoms with Gasteiger partial charge in [0.05, 0.1) is 19.0 Å². The molecule has 160 valence electrons. The molecule has 1 atom stereocenters. The van der Waals surface area contributed by atoms with E-state index in [1.54, 1.807) is 12.1 Å². The quantitative estimate of drug-likeness (QED) is 0.171. The van der Waals surface area contributed by atoms with Crippen LogP contribution >= 0.6 is 0 Å². The van der Waals surface area contributed by atoms with Crippen LogP contribution in [0.2, 0.25) is 0 Å².